The summed E-state index contributed by atoms with van der Waals surface area (Å²) in [4.78, 5) is 45.1. The molecule has 0 aliphatic carbocycles. The van der Waals surface area contributed by atoms with Crippen molar-refractivity contribution >= 4 is 21.8 Å². The number of aromatic amines is 1. The molecule has 1 N–H and O–H groups in total. The molecule has 0 saturated heterocycles. The summed E-state index contributed by atoms with van der Waals surface area (Å²) in [6.07, 6.45) is 0. The van der Waals surface area contributed by atoms with Gasteiger partial charge in [0.05, 0.1) is 12.8 Å². The second-order valence-corrected chi connectivity index (χ2v) is 6.56. The molecule has 148 valence electrons. The predicted molar refractivity (Wildman–Crippen MR) is 112 cm³/mol. The van der Waals surface area contributed by atoms with Gasteiger partial charge in [0.2, 0.25) is 0 Å². The van der Waals surface area contributed by atoms with Gasteiger partial charge < -0.3 is 9.72 Å². The zero-order valence-electron chi connectivity index (χ0n) is 16.4. The van der Waals surface area contributed by atoms with Crippen LogP contribution in [0.4, 0.5) is 0 Å². The smallest absolute Gasteiger partial charge is 0.347 e. The molecule has 0 unspecified atom stereocenters. The Bertz CT molecular complexity index is 1430. The van der Waals surface area contributed by atoms with Gasteiger partial charge in [-0.05, 0) is 30.7 Å². The molecule has 4 aromatic rings. The van der Waals surface area contributed by atoms with Crippen LogP contribution in [0.5, 0.6) is 5.75 Å². The van der Waals surface area contributed by atoms with Crippen molar-refractivity contribution < 1.29 is 4.74 Å². The molecule has 0 fully saturated rings. The van der Waals surface area contributed by atoms with E-state index < -0.39 is 16.9 Å². The molecule has 2 heterocycles. The Morgan fingerprint density at radius 3 is 2.41 bits per heavy atom. The van der Waals surface area contributed by atoms with Crippen molar-refractivity contribution in [1.29, 1.82) is 0 Å². The second kappa shape index (κ2) is 7.05. The van der Waals surface area contributed by atoms with E-state index in [0.717, 1.165) is 15.3 Å². The van der Waals surface area contributed by atoms with Gasteiger partial charge in [-0.3, -0.25) is 13.9 Å². The SMILES string of the molecule is CCn1c(=O)c2c(-c3c(OC)ccc4ccccc34)[nH]c(=O)nc2n(CC)c1=O. The van der Waals surface area contributed by atoms with Crippen molar-refractivity contribution in [1.82, 2.24) is 19.1 Å². The molecular weight excluding hydrogens is 372 g/mol. The molecule has 2 aromatic carbocycles. The van der Waals surface area contributed by atoms with Crippen LogP contribution in [0.15, 0.2) is 50.8 Å². The Morgan fingerprint density at radius 1 is 1.00 bits per heavy atom. The summed E-state index contributed by atoms with van der Waals surface area (Å²) in [5.41, 5.74) is -0.676. The lowest BCUT2D eigenvalue weighted by molar-refractivity contribution is 0.417. The monoisotopic (exact) mass is 392 g/mol. The molecule has 29 heavy (non-hydrogen) atoms. The quantitative estimate of drug-likeness (QED) is 0.574. The lowest BCUT2D eigenvalue weighted by Crippen LogP contribution is -2.41. The van der Waals surface area contributed by atoms with Crippen LogP contribution in [0.3, 0.4) is 0 Å². The van der Waals surface area contributed by atoms with Crippen LogP contribution in [0.25, 0.3) is 33.1 Å². The molecule has 0 bridgehead atoms. The van der Waals surface area contributed by atoms with Crippen LogP contribution < -0.4 is 21.7 Å². The fourth-order valence-corrected chi connectivity index (χ4v) is 3.75. The van der Waals surface area contributed by atoms with Gasteiger partial charge in [-0.25, -0.2) is 9.59 Å². The number of fused-ring (bicyclic) bond motifs is 2. The normalized spacial score (nSPS) is 11.3. The van der Waals surface area contributed by atoms with Crippen molar-refractivity contribution in [3.8, 4) is 17.0 Å². The van der Waals surface area contributed by atoms with Crippen molar-refractivity contribution in [3.63, 3.8) is 0 Å². The van der Waals surface area contributed by atoms with E-state index in [1.165, 1.54) is 11.7 Å². The summed E-state index contributed by atoms with van der Waals surface area (Å²) < 4.78 is 8.04. The van der Waals surface area contributed by atoms with E-state index >= 15 is 0 Å². The number of methoxy groups -OCH3 is 1. The number of aromatic nitrogens is 4. The number of nitrogens with zero attached hydrogens (tertiary/aromatic N) is 3. The van der Waals surface area contributed by atoms with Gasteiger partial charge in [-0.15, -0.1) is 0 Å². The number of hydrogen-bond donors (Lipinski definition) is 1. The summed E-state index contributed by atoms with van der Waals surface area (Å²) in [5.74, 6) is 0.503. The van der Waals surface area contributed by atoms with Gasteiger partial charge in [-0.2, -0.15) is 4.98 Å². The number of hydrogen-bond acceptors (Lipinski definition) is 5. The van der Waals surface area contributed by atoms with E-state index in [9.17, 15) is 14.4 Å². The van der Waals surface area contributed by atoms with Crippen LogP contribution in [0.2, 0.25) is 0 Å². The Kier molecular flexibility index (Phi) is 4.54. The highest BCUT2D eigenvalue weighted by Crippen LogP contribution is 2.37. The van der Waals surface area contributed by atoms with Crippen LogP contribution >= 0.6 is 0 Å². The molecular formula is C21H20N4O4. The van der Waals surface area contributed by atoms with Crippen molar-refractivity contribution in [2.75, 3.05) is 7.11 Å². The number of ether oxygens (including phenoxy) is 1. The number of H-pyrrole nitrogens is 1. The Morgan fingerprint density at radius 2 is 1.72 bits per heavy atom. The molecule has 8 nitrogen and oxygen atoms in total. The molecule has 0 saturated carbocycles. The lowest BCUT2D eigenvalue weighted by atomic mass is 9.99. The van der Waals surface area contributed by atoms with Crippen LogP contribution in [-0.4, -0.2) is 26.2 Å². The third-order valence-corrected chi connectivity index (χ3v) is 5.08. The van der Waals surface area contributed by atoms with Gasteiger partial charge in [0, 0.05) is 18.7 Å². The highest BCUT2D eigenvalue weighted by molar-refractivity contribution is 6.04. The highest BCUT2D eigenvalue weighted by Gasteiger charge is 2.21. The lowest BCUT2D eigenvalue weighted by Gasteiger charge is -2.16. The molecule has 0 atom stereocenters. The standard InChI is InChI=1S/C21H20N4O4/c1-4-24-18-16(19(26)25(5-2)21(24)28)17(22-20(27)23-18)15-13-9-7-6-8-12(13)10-11-14(15)29-3/h6-11H,4-5H2,1-3H3,(H,22,23,27). The van der Waals surface area contributed by atoms with E-state index in [1.807, 2.05) is 30.3 Å². The fraction of sp³-hybridized carbons (Fsp3) is 0.238. The maximum absolute atomic E-state index is 13.2. The minimum absolute atomic E-state index is 0.0703. The first kappa shape index (κ1) is 18.7. The van der Waals surface area contributed by atoms with Crippen LogP contribution in [0.1, 0.15) is 13.8 Å². The Labute approximate surface area is 165 Å². The van der Waals surface area contributed by atoms with Gasteiger partial charge >= 0.3 is 11.4 Å². The van der Waals surface area contributed by atoms with Crippen molar-refractivity contribution in [2.24, 2.45) is 0 Å². The van der Waals surface area contributed by atoms with E-state index in [1.54, 1.807) is 19.9 Å². The molecule has 4 rings (SSSR count). The van der Waals surface area contributed by atoms with E-state index in [0.29, 0.717) is 17.0 Å². The third-order valence-electron chi connectivity index (χ3n) is 5.08. The molecule has 0 aliphatic rings. The van der Waals surface area contributed by atoms with Gasteiger partial charge in [-0.1, -0.05) is 30.3 Å². The van der Waals surface area contributed by atoms with Crippen LogP contribution in [-0.2, 0) is 13.1 Å². The first-order valence-corrected chi connectivity index (χ1v) is 9.35. The predicted octanol–water partition coefficient (Wildman–Crippen LogP) is 2.12. The topological polar surface area (TPSA) is 99.0 Å². The summed E-state index contributed by atoms with van der Waals surface area (Å²) in [7, 11) is 1.53. The summed E-state index contributed by atoms with van der Waals surface area (Å²) in [6, 6.07) is 11.3. The zero-order valence-corrected chi connectivity index (χ0v) is 16.4. The van der Waals surface area contributed by atoms with Crippen molar-refractivity contribution in [2.45, 2.75) is 26.9 Å². The van der Waals surface area contributed by atoms with E-state index in [2.05, 4.69) is 9.97 Å². The Hall–Kier alpha value is -3.68. The number of rotatable bonds is 4. The van der Waals surface area contributed by atoms with E-state index in [4.69, 9.17) is 4.74 Å². The summed E-state index contributed by atoms with van der Waals surface area (Å²) in [6.45, 7) is 3.98. The fourth-order valence-electron chi connectivity index (χ4n) is 3.75. The zero-order chi connectivity index (χ0) is 20.7. The minimum Gasteiger partial charge on any atom is -0.496 e. The second-order valence-electron chi connectivity index (χ2n) is 6.56. The minimum atomic E-state index is -0.641. The van der Waals surface area contributed by atoms with Crippen LogP contribution in [0, 0.1) is 0 Å². The molecule has 0 aliphatic heterocycles. The molecule has 8 heteroatoms. The average molecular weight is 392 g/mol. The highest BCUT2D eigenvalue weighted by atomic mass is 16.5. The van der Waals surface area contributed by atoms with E-state index in [-0.39, 0.29) is 24.1 Å². The molecule has 0 amide bonds. The largest absolute Gasteiger partial charge is 0.496 e. The number of aryl methyl sites for hydroxylation is 1. The molecule has 0 radical (unpaired) electrons. The van der Waals surface area contributed by atoms with Crippen molar-refractivity contribution in [3.05, 3.63) is 67.7 Å². The van der Waals surface area contributed by atoms with Gasteiger partial charge in [0.15, 0.2) is 5.65 Å². The number of benzene rings is 2. The Balaban J connectivity index is 2.31. The average Bonchev–Trinajstić information content (AvgIpc) is 2.72. The van der Waals surface area contributed by atoms with Gasteiger partial charge in [0.1, 0.15) is 11.1 Å². The summed E-state index contributed by atoms with van der Waals surface area (Å²) in [5, 5.41) is 1.92. The molecule has 2 aromatic heterocycles. The summed E-state index contributed by atoms with van der Waals surface area (Å²) >= 11 is 0. The third kappa shape index (κ3) is 2.75. The first-order valence-electron chi connectivity index (χ1n) is 9.35. The number of nitrogens with one attached hydrogen (secondary N) is 1. The maximum Gasteiger partial charge on any atom is 0.347 e. The maximum atomic E-state index is 13.2. The van der Waals surface area contributed by atoms with Gasteiger partial charge in [0.25, 0.3) is 5.56 Å². The molecule has 0 spiro atoms. The first-order chi connectivity index (χ1) is 14.0.